The fraction of sp³-hybridized carbons (Fsp3) is 0.708. The summed E-state index contributed by atoms with van der Waals surface area (Å²) in [5, 5.41) is 13.1. The molecule has 0 bridgehead atoms. The number of benzene rings is 1. The third kappa shape index (κ3) is 4.95. The smallest absolute Gasteiger partial charge is 0.220 e. The molecule has 29 heavy (non-hydrogen) atoms. The Kier molecular flexibility index (Phi) is 6.90. The average Bonchev–Trinajstić information content (AvgIpc) is 2.65. The number of hydrogen-bond donors (Lipinski definition) is 2. The Bertz CT molecular complexity index is 719. The van der Waals surface area contributed by atoms with E-state index in [0.29, 0.717) is 29.9 Å². The van der Waals surface area contributed by atoms with Crippen molar-refractivity contribution in [3.8, 4) is 5.75 Å². The van der Waals surface area contributed by atoms with Gasteiger partial charge < -0.3 is 19.9 Å². The van der Waals surface area contributed by atoms with Gasteiger partial charge in [-0.3, -0.25) is 4.79 Å². The number of hydrogen-bond acceptors (Lipinski definition) is 4. The molecule has 0 unspecified atom stereocenters. The molecule has 1 aromatic rings. The summed E-state index contributed by atoms with van der Waals surface area (Å²) >= 11 is 0. The van der Waals surface area contributed by atoms with Crippen molar-refractivity contribution in [3.63, 3.8) is 0 Å². The van der Waals surface area contributed by atoms with Crippen molar-refractivity contribution in [1.29, 1.82) is 0 Å². The van der Waals surface area contributed by atoms with Crippen LogP contribution in [0.15, 0.2) is 18.2 Å². The first kappa shape index (κ1) is 22.1. The number of aliphatic hydroxyl groups excluding tert-OH is 1. The zero-order valence-electron chi connectivity index (χ0n) is 18.5. The average molecular weight is 404 g/mol. The molecular formula is C24H37NO4. The second-order valence-electron chi connectivity index (χ2n) is 9.69. The van der Waals surface area contributed by atoms with Gasteiger partial charge >= 0.3 is 0 Å². The zero-order valence-corrected chi connectivity index (χ0v) is 18.5. The van der Waals surface area contributed by atoms with Crippen LogP contribution in [0.3, 0.4) is 0 Å². The molecule has 1 aromatic carbocycles. The Morgan fingerprint density at radius 1 is 1.38 bits per heavy atom. The Morgan fingerprint density at radius 3 is 2.79 bits per heavy atom. The molecule has 1 saturated heterocycles. The van der Waals surface area contributed by atoms with E-state index in [9.17, 15) is 9.90 Å². The van der Waals surface area contributed by atoms with E-state index < -0.39 is 0 Å². The number of carbonyl (C=O) groups is 1. The molecule has 2 N–H and O–H groups in total. The van der Waals surface area contributed by atoms with Gasteiger partial charge in [-0.2, -0.15) is 0 Å². The summed E-state index contributed by atoms with van der Waals surface area (Å²) < 4.78 is 12.0. The maximum Gasteiger partial charge on any atom is 0.220 e. The van der Waals surface area contributed by atoms with Gasteiger partial charge in [0.05, 0.1) is 25.9 Å². The normalized spacial score (nSPS) is 32.0. The molecule has 5 atom stereocenters. The predicted molar refractivity (Wildman–Crippen MR) is 114 cm³/mol. The molecule has 1 aliphatic carbocycles. The van der Waals surface area contributed by atoms with E-state index in [4.69, 9.17) is 9.47 Å². The molecule has 3 rings (SSSR count). The second-order valence-corrected chi connectivity index (χ2v) is 9.69. The van der Waals surface area contributed by atoms with Crippen molar-refractivity contribution in [2.75, 3.05) is 7.11 Å². The Balaban J connectivity index is 1.88. The summed E-state index contributed by atoms with van der Waals surface area (Å²) in [5.41, 5.74) is 1.51. The van der Waals surface area contributed by atoms with E-state index in [2.05, 4.69) is 33.0 Å². The van der Waals surface area contributed by atoms with Crippen LogP contribution in [-0.2, 0) is 16.1 Å². The van der Waals surface area contributed by atoms with Crippen LogP contribution in [0.1, 0.15) is 77.0 Å². The fourth-order valence-corrected chi connectivity index (χ4v) is 5.21. The minimum Gasteiger partial charge on any atom is -0.496 e. The van der Waals surface area contributed by atoms with Crippen LogP contribution >= 0.6 is 0 Å². The van der Waals surface area contributed by atoms with E-state index in [1.54, 1.807) is 7.11 Å². The largest absolute Gasteiger partial charge is 0.496 e. The van der Waals surface area contributed by atoms with Gasteiger partial charge in [0.2, 0.25) is 5.91 Å². The van der Waals surface area contributed by atoms with Crippen molar-refractivity contribution in [2.45, 2.75) is 84.2 Å². The molecule has 162 valence electrons. The van der Waals surface area contributed by atoms with Crippen LogP contribution in [-0.4, -0.2) is 29.8 Å². The summed E-state index contributed by atoms with van der Waals surface area (Å²) in [5.74, 6) is 2.12. The van der Waals surface area contributed by atoms with Crippen LogP contribution in [0.25, 0.3) is 0 Å². The highest BCUT2D eigenvalue weighted by Gasteiger charge is 2.49. The zero-order chi connectivity index (χ0) is 21.2. The Hall–Kier alpha value is -1.59. The van der Waals surface area contributed by atoms with Gasteiger partial charge in [0.15, 0.2) is 0 Å². The van der Waals surface area contributed by atoms with E-state index >= 15 is 0 Å². The Labute approximate surface area is 175 Å². The maximum atomic E-state index is 12.7. The number of nitrogens with one attached hydrogen (secondary N) is 1. The number of carbonyl (C=O) groups excluding carboxylic acids is 1. The molecule has 0 radical (unpaired) electrons. The summed E-state index contributed by atoms with van der Waals surface area (Å²) in [6, 6.07) is 5.90. The summed E-state index contributed by atoms with van der Waals surface area (Å²) in [4.78, 5) is 12.7. The van der Waals surface area contributed by atoms with Crippen LogP contribution in [0.4, 0.5) is 0 Å². The quantitative estimate of drug-likeness (QED) is 0.740. The van der Waals surface area contributed by atoms with Gasteiger partial charge in [0, 0.05) is 29.9 Å². The number of methoxy groups -OCH3 is 1. The molecule has 0 aromatic heterocycles. The van der Waals surface area contributed by atoms with Crippen molar-refractivity contribution >= 4 is 5.91 Å². The molecule has 1 aliphatic heterocycles. The summed E-state index contributed by atoms with van der Waals surface area (Å²) in [6.45, 7) is 8.57. The molecule has 2 aliphatic rings. The van der Waals surface area contributed by atoms with Gasteiger partial charge in [-0.25, -0.2) is 0 Å². The van der Waals surface area contributed by atoms with Gasteiger partial charge in [-0.05, 0) is 49.3 Å². The second kappa shape index (κ2) is 9.05. The predicted octanol–water partition coefficient (Wildman–Crippen LogP) is 4.37. The fourth-order valence-electron chi connectivity index (χ4n) is 5.21. The van der Waals surface area contributed by atoms with Gasteiger partial charge in [-0.1, -0.05) is 33.3 Å². The molecular weight excluding hydrogens is 366 g/mol. The lowest BCUT2D eigenvalue weighted by molar-refractivity contribution is -0.154. The highest BCUT2D eigenvalue weighted by Crippen LogP contribution is 2.48. The van der Waals surface area contributed by atoms with E-state index in [1.165, 1.54) is 6.42 Å². The lowest BCUT2D eigenvalue weighted by Gasteiger charge is -2.52. The third-order valence-corrected chi connectivity index (χ3v) is 6.69. The van der Waals surface area contributed by atoms with E-state index in [-0.39, 0.29) is 30.3 Å². The lowest BCUT2D eigenvalue weighted by Crippen LogP contribution is -2.60. The van der Waals surface area contributed by atoms with Crippen LogP contribution in [0, 0.1) is 17.8 Å². The van der Waals surface area contributed by atoms with Gasteiger partial charge in [0.25, 0.3) is 0 Å². The van der Waals surface area contributed by atoms with Crippen molar-refractivity contribution in [2.24, 2.45) is 17.8 Å². The van der Waals surface area contributed by atoms with Crippen LogP contribution in [0.5, 0.6) is 5.75 Å². The van der Waals surface area contributed by atoms with Gasteiger partial charge in [-0.15, -0.1) is 0 Å². The first-order valence-corrected chi connectivity index (χ1v) is 11.0. The highest BCUT2D eigenvalue weighted by molar-refractivity contribution is 5.77. The minimum atomic E-state index is -0.293. The Morgan fingerprint density at radius 2 is 2.14 bits per heavy atom. The molecule has 0 spiro atoms. The van der Waals surface area contributed by atoms with Gasteiger partial charge in [0.1, 0.15) is 5.75 Å². The van der Waals surface area contributed by atoms with Crippen molar-refractivity contribution in [1.82, 2.24) is 5.32 Å². The minimum absolute atomic E-state index is 0.0742. The lowest BCUT2D eigenvalue weighted by atomic mass is 9.66. The number of amides is 1. The van der Waals surface area contributed by atoms with Crippen LogP contribution in [0.2, 0.25) is 0 Å². The van der Waals surface area contributed by atoms with E-state index in [1.807, 2.05) is 18.2 Å². The first-order valence-electron chi connectivity index (χ1n) is 11.0. The van der Waals surface area contributed by atoms with Crippen LogP contribution < -0.4 is 10.1 Å². The van der Waals surface area contributed by atoms with E-state index in [0.717, 1.165) is 30.4 Å². The number of fused-ring (bicyclic) bond motifs is 1. The molecule has 1 heterocycles. The number of ether oxygens (including phenoxy) is 2. The summed E-state index contributed by atoms with van der Waals surface area (Å²) in [6.07, 6.45) is 4.61. The molecule has 1 saturated carbocycles. The molecule has 5 nitrogen and oxygen atoms in total. The third-order valence-electron chi connectivity index (χ3n) is 6.69. The molecule has 1 amide bonds. The summed E-state index contributed by atoms with van der Waals surface area (Å²) in [7, 11) is 1.61. The maximum absolute atomic E-state index is 12.7. The SMILES string of the molecule is COc1ccc([C@H]2C[C@@](C)(NC(=O)CC(C)C)[C@@H]3CC[C@@H](C)C[C@H]3O2)cc1CO. The monoisotopic (exact) mass is 403 g/mol. The number of rotatable bonds is 6. The topological polar surface area (TPSA) is 67.8 Å². The van der Waals surface area contributed by atoms with Crippen molar-refractivity contribution in [3.05, 3.63) is 29.3 Å². The first-order chi connectivity index (χ1) is 13.8. The highest BCUT2D eigenvalue weighted by atomic mass is 16.5. The standard InChI is InChI=1S/C24H37NO4/c1-15(2)10-23(27)25-24(4)13-22(29-21-11-16(3)6-8-19(21)24)17-7-9-20(28-5)18(12-17)14-26/h7,9,12,15-16,19,21-22,26H,6,8,10-11,13-14H2,1-5H3,(H,25,27)/t16-,19-,21-,22-,24-/m1/s1. The molecule has 5 heteroatoms. The molecule has 2 fully saturated rings. The van der Waals surface area contributed by atoms with Crippen molar-refractivity contribution < 1.29 is 19.4 Å². The number of aliphatic hydroxyl groups is 1.